The van der Waals surface area contributed by atoms with Crippen molar-refractivity contribution in [3.8, 4) is 5.69 Å². The number of hydrogen-bond acceptors (Lipinski definition) is 4. The van der Waals surface area contributed by atoms with E-state index in [1.165, 1.54) is 0 Å². The standard InChI is InChI=1S/C17H19N3O3/c1-13-8-9-18-20(13)15-6-4-14(5-7-15)17(22)23-12-16(21)19-10-2-3-11-19/h4-9H,2-3,10-12H2,1H3. The van der Waals surface area contributed by atoms with E-state index < -0.39 is 5.97 Å². The van der Waals surface area contributed by atoms with Crippen LogP contribution in [0.3, 0.4) is 0 Å². The highest BCUT2D eigenvalue weighted by Crippen LogP contribution is 2.12. The molecule has 6 nitrogen and oxygen atoms in total. The summed E-state index contributed by atoms with van der Waals surface area (Å²) in [6, 6.07) is 8.88. The van der Waals surface area contributed by atoms with E-state index in [1.807, 2.05) is 13.0 Å². The van der Waals surface area contributed by atoms with Gasteiger partial charge in [-0.05, 0) is 50.1 Å². The van der Waals surface area contributed by atoms with Gasteiger partial charge in [0.1, 0.15) is 0 Å². The second-order valence-electron chi connectivity index (χ2n) is 5.60. The summed E-state index contributed by atoms with van der Waals surface area (Å²) in [4.78, 5) is 25.6. The summed E-state index contributed by atoms with van der Waals surface area (Å²) in [5, 5.41) is 4.21. The van der Waals surface area contributed by atoms with Gasteiger partial charge in [-0.3, -0.25) is 4.79 Å². The second kappa shape index (κ2) is 6.64. The fourth-order valence-corrected chi connectivity index (χ4v) is 2.65. The SMILES string of the molecule is Cc1ccnn1-c1ccc(C(=O)OCC(=O)N2CCCC2)cc1. The van der Waals surface area contributed by atoms with Crippen molar-refractivity contribution >= 4 is 11.9 Å². The lowest BCUT2D eigenvalue weighted by molar-refractivity contribution is -0.133. The number of carbonyl (C=O) groups excluding carboxylic acids is 2. The molecule has 2 aromatic rings. The number of carbonyl (C=O) groups is 2. The third kappa shape index (κ3) is 3.41. The van der Waals surface area contributed by atoms with Crippen molar-refractivity contribution in [1.29, 1.82) is 0 Å². The van der Waals surface area contributed by atoms with Crippen molar-refractivity contribution < 1.29 is 14.3 Å². The molecule has 1 aliphatic rings. The molecule has 1 aromatic carbocycles. The summed E-state index contributed by atoms with van der Waals surface area (Å²) in [6.45, 7) is 3.28. The van der Waals surface area contributed by atoms with Gasteiger partial charge in [-0.1, -0.05) is 0 Å². The summed E-state index contributed by atoms with van der Waals surface area (Å²) >= 11 is 0. The Labute approximate surface area is 134 Å². The first-order valence-electron chi connectivity index (χ1n) is 7.71. The largest absolute Gasteiger partial charge is 0.452 e. The Hall–Kier alpha value is -2.63. The molecule has 0 spiro atoms. The second-order valence-corrected chi connectivity index (χ2v) is 5.60. The first-order chi connectivity index (χ1) is 11.1. The van der Waals surface area contributed by atoms with Crippen LogP contribution in [-0.4, -0.2) is 46.3 Å². The van der Waals surface area contributed by atoms with E-state index >= 15 is 0 Å². The molecular weight excluding hydrogens is 294 g/mol. The molecule has 0 aliphatic carbocycles. The predicted octanol–water partition coefficient (Wildman–Crippen LogP) is 1.96. The smallest absolute Gasteiger partial charge is 0.338 e. The minimum absolute atomic E-state index is 0.125. The molecule has 0 saturated carbocycles. The Morgan fingerprint density at radius 3 is 2.43 bits per heavy atom. The van der Waals surface area contributed by atoms with Crippen molar-refractivity contribution in [1.82, 2.24) is 14.7 Å². The molecule has 2 heterocycles. The number of aryl methyl sites for hydroxylation is 1. The highest BCUT2D eigenvalue weighted by Gasteiger charge is 2.19. The molecule has 1 aliphatic heterocycles. The predicted molar refractivity (Wildman–Crippen MR) is 84.4 cm³/mol. The lowest BCUT2D eigenvalue weighted by atomic mass is 10.2. The van der Waals surface area contributed by atoms with E-state index in [0.717, 1.165) is 37.3 Å². The van der Waals surface area contributed by atoms with Gasteiger partial charge in [-0.25, -0.2) is 9.48 Å². The first-order valence-corrected chi connectivity index (χ1v) is 7.71. The molecule has 0 atom stereocenters. The number of benzene rings is 1. The van der Waals surface area contributed by atoms with Gasteiger partial charge in [0, 0.05) is 25.0 Å². The summed E-state index contributed by atoms with van der Waals surface area (Å²) in [7, 11) is 0. The number of amides is 1. The summed E-state index contributed by atoms with van der Waals surface area (Å²) < 4.78 is 6.89. The molecule has 0 unspecified atom stereocenters. The number of nitrogens with zero attached hydrogens (tertiary/aromatic N) is 3. The van der Waals surface area contributed by atoms with Crippen LogP contribution in [0.1, 0.15) is 28.9 Å². The maximum Gasteiger partial charge on any atom is 0.338 e. The third-order valence-electron chi connectivity index (χ3n) is 3.97. The first kappa shape index (κ1) is 15.3. The van der Waals surface area contributed by atoms with Crippen LogP contribution >= 0.6 is 0 Å². The van der Waals surface area contributed by atoms with E-state index in [1.54, 1.807) is 40.0 Å². The molecule has 1 fully saturated rings. The van der Waals surface area contributed by atoms with Gasteiger partial charge in [0.2, 0.25) is 0 Å². The minimum Gasteiger partial charge on any atom is -0.452 e. The fraction of sp³-hybridized carbons (Fsp3) is 0.353. The third-order valence-corrected chi connectivity index (χ3v) is 3.97. The zero-order valence-corrected chi connectivity index (χ0v) is 13.1. The van der Waals surface area contributed by atoms with E-state index in [0.29, 0.717) is 5.56 Å². The molecule has 1 saturated heterocycles. The summed E-state index contributed by atoms with van der Waals surface area (Å²) in [5.41, 5.74) is 2.31. The molecule has 0 radical (unpaired) electrons. The normalized spacial score (nSPS) is 14.0. The van der Waals surface area contributed by atoms with Gasteiger partial charge in [0.25, 0.3) is 5.91 Å². The molecule has 1 aromatic heterocycles. The number of rotatable bonds is 4. The quantitative estimate of drug-likeness (QED) is 0.809. The number of likely N-dealkylation sites (tertiary alicyclic amines) is 1. The van der Waals surface area contributed by atoms with Crippen LogP contribution in [0, 0.1) is 6.92 Å². The Morgan fingerprint density at radius 1 is 1.13 bits per heavy atom. The summed E-state index contributed by atoms with van der Waals surface area (Å²) in [6.07, 6.45) is 3.77. The zero-order chi connectivity index (χ0) is 16.2. The lowest BCUT2D eigenvalue weighted by Crippen LogP contribution is -2.32. The average Bonchev–Trinajstić information content (AvgIpc) is 3.24. The van der Waals surface area contributed by atoms with Crippen molar-refractivity contribution in [3.63, 3.8) is 0 Å². The molecule has 23 heavy (non-hydrogen) atoms. The van der Waals surface area contributed by atoms with Crippen LogP contribution in [-0.2, 0) is 9.53 Å². The van der Waals surface area contributed by atoms with Crippen LogP contribution in [0.25, 0.3) is 5.69 Å². The average molecular weight is 313 g/mol. The van der Waals surface area contributed by atoms with Crippen LogP contribution in [0.5, 0.6) is 0 Å². The van der Waals surface area contributed by atoms with Gasteiger partial charge >= 0.3 is 5.97 Å². The van der Waals surface area contributed by atoms with E-state index in [4.69, 9.17) is 4.74 Å². The Morgan fingerprint density at radius 2 is 1.83 bits per heavy atom. The zero-order valence-electron chi connectivity index (χ0n) is 13.1. The molecule has 6 heteroatoms. The van der Waals surface area contributed by atoms with Crippen molar-refractivity contribution in [3.05, 3.63) is 47.8 Å². The van der Waals surface area contributed by atoms with Crippen LogP contribution in [0.2, 0.25) is 0 Å². The fourth-order valence-electron chi connectivity index (χ4n) is 2.65. The highest BCUT2D eigenvalue weighted by molar-refractivity contribution is 5.91. The molecule has 0 bridgehead atoms. The van der Waals surface area contributed by atoms with Crippen LogP contribution in [0.4, 0.5) is 0 Å². The van der Waals surface area contributed by atoms with Gasteiger partial charge in [0.15, 0.2) is 6.61 Å². The lowest BCUT2D eigenvalue weighted by Gasteiger charge is -2.15. The van der Waals surface area contributed by atoms with Gasteiger partial charge in [0.05, 0.1) is 11.3 Å². The van der Waals surface area contributed by atoms with E-state index in [9.17, 15) is 9.59 Å². The van der Waals surface area contributed by atoms with E-state index in [2.05, 4.69) is 5.10 Å². The van der Waals surface area contributed by atoms with Crippen molar-refractivity contribution in [2.75, 3.05) is 19.7 Å². The number of hydrogen-bond donors (Lipinski definition) is 0. The van der Waals surface area contributed by atoms with Crippen LogP contribution < -0.4 is 0 Å². The maximum absolute atomic E-state index is 12.0. The van der Waals surface area contributed by atoms with Gasteiger partial charge < -0.3 is 9.64 Å². The highest BCUT2D eigenvalue weighted by atomic mass is 16.5. The molecular formula is C17H19N3O3. The van der Waals surface area contributed by atoms with E-state index in [-0.39, 0.29) is 12.5 Å². The molecule has 120 valence electrons. The molecule has 3 rings (SSSR count). The monoisotopic (exact) mass is 313 g/mol. The minimum atomic E-state index is -0.485. The van der Waals surface area contributed by atoms with Crippen molar-refractivity contribution in [2.24, 2.45) is 0 Å². The topological polar surface area (TPSA) is 64.4 Å². The number of esters is 1. The number of ether oxygens (including phenoxy) is 1. The Bertz CT molecular complexity index is 700. The molecule has 1 amide bonds. The van der Waals surface area contributed by atoms with Gasteiger partial charge in [-0.15, -0.1) is 0 Å². The maximum atomic E-state index is 12.0. The van der Waals surface area contributed by atoms with Gasteiger partial charge in [-0.2, -0.15) is 5.10 Å². The molecule has 0 N–H and O–H groups in total. The van der Waals surface area contributed by atoms with Crippen molar-refractivity contribution in [2.45, 2.75) is 19.8 Å². The Balaban J connectivity index is 1.59. The Kier molecular flexibility index (Phi) is 4.41. The van der Waals surface area contributed by atoms with Crippen LogP contribution in [0.15, 0.2) is 36.5 Å². The summed E-state index contributed by atoms with van der Waals surface area (Å²) in [5.74, 6) is -0.610. The number of aromatic nitrogens is 2.